The first kappa shape index (κ1) is 76.8. The molecule has 0 aliphatic heterocycles. The standard InChI is InChI=1S/2C41H25N3O.C37H23N3O/c1-3-9-30-23-33(19-15-26(30)7-1)40-42-39(43-41(44-40)34-20-16-27-8-2-4-10-31(27)24-34)29-17-13-28(14-18-29)32-21-22-38-36(25-32)35-11-5-6-12-37(35)45-38;1-2-11-27(12-3-1)39-42-40(30-19-18-26-10-4-5-13-28(26)24-30)44-41(43-39)35-22-21-31(32-14-6-7-15-33(32)35)29-20-23-38-36(25-29)34-16-8-9-17-37(34)45-38;1-2-9-26(10-3-1)35-38-36(40-37(39-35)30-19-16-24-8-4-5-11-28(24)22-30)27-17-14-25(15-18-27)29-20-21-34-32(23-29)31-12-6-7-13-33(31)41-34/h2*1-25H;1-23H. The van der Waals surface area contributed by atoms with Gasteiger partial charge in [-0.1, -0.05) is 358 Å². The SMILES string of the molecule is c1ccc(-c2nc(-c3ccc(-c4ccc5oc6ccccc6c5c4)cc3)nc(-c3ccc4ccccc4c3)n2)cc1.c1ccc(-c2nc(-c3ccc4ccccc4c3)nc(-c3ccc(-c4ccc5oc6ccccc6c5c4)c4ccccc34)n2)cc1.c1ccc2cc(-c3nc(-c4ccc(-c5ccc6oc7ccccc7c6c5)cc4)nc(-c4ccc5ccccc5c4)n3)ccc2c1. The molecule has 612 valence electrons. The topological polar surface area (TPSA) is 155 Å². The normalized spacial score (nSPS) is 11.5. The molecule has 20 aromatic carbocycles. The van der Waals surface area contributed by atoms with Crippen molar-refractivity contribution in [1.29, 1.82) is 0 Å². The Hall–Kier alpha value is -17.9. The van der Waals surface area contributed by atoms with Crippen molar-refractivity contribution in [3.05, 3.63) is 443 Å². The average molecular weight is 1680 g/mol. The minimum absolute atomic E-state index is 0.638. The zero-order valence-corrected chi connectivity index (χ0v) is 70.4. The lowest BCUT2D eigenvalue weighted by atomic mass is 9.94. The van der Waals surface area contributed by atoms with Gasteiger partial charge in [-0.3, -0.25) is 0 Å². The van der Waals surface area contributed by atoms with E-state index in [-0.39, 0.29) is 0 Å². The summed E-state index contributed by atoms with van der Waals surface area (Å²) in [6.07, 6.45) is 0. The molecule has 0 unspecified atom stereocenters. The summed E-state index contributed by atoms with van der Waals surface area (Å²) in [4.78, 5) is 44.8. The molecule has 0 saturated heterocycles. The lowest BCUT2D eigenvalue weighted by molar-refractivity contribution is 0.668. The number of fused-ring (bicyclic) bond motifs is 14. The molecule has 6 aromatic heterocycles. The van der Waals surface area contributed by atoms with Crippen molar-refractivity contribution in [2.75, 3.05) is 0 Å². The third-order valence-electron chi connectivity index (χ3n) is 24.6. The van der Waals surface area contributed by atoms with Gasteiger partial charge in [-0.05, 0) is 172 Å². The van der Waals surface area contributed by atoms with Crippen molar-refractivity contribution in [3.63, 3.8) is 0 Å². The van der Waals surface area contributed by atoms with Gasteiger partial charge in [0, 0.05) is 82.4 Å². The van der Waals surface area contributed by atoms with E-state index in [0.29, 0.717) is 52.4 Å². The molecule has 12 heteroatoms. The fourth-order valence-electron chi connectivity index (χ4n) is 17.8. The van der Waals surface area contributed by atoms with Gasteiger partial charge in [-0.25, -0.2) is 44.9 Å². The zero-order valence-electron chi connectivity index (χ0n) is 70.4. The van der Waals surface area contributed by atoms with Gasteiger partial charge in [-0.2, -0.15) is 0 Å². The van der Waals surface area contributed by atoms with Crippen LogP contribution >= 0.6 is 0 Å². The predicted molar refractivity (Wildman–Crippen MR) is 534 cm³/mol. The summed E-state index contributed by atoms with van der Waals surface area (Å²) < 4.78 is 18.2. The van der Waals surface area contributed by atoms with Gasteiger partial charge in [-0.15, -0.1) is 0 Å². The smallest absolute Gasteiger partial charge is 0.164 e. The molecule has 131 heavy (non-hydrogen) atoms. The second kappa shape index (κ2) is 32.9. The van der Waals surface area contributed by atoms with Gasteiger partial charge >= 0.3 is 0 Å². The Kier molecular flexibility index (Phi) is 19.3. The lowest BCUT2D eigenvalue weighted by Gasteiger charge is -2.13. The Morgan fingerprint density at radius 1 is 0.115 bits per heavy atom. The van der Waals surface area contributed by atoms with Gasteiger partial charge in [0.25, 0.3) is 0 Å². The van der Waals surface area contributed by atoms with Crippen molar-refractivity contribution in [1.82, 2.24) is 44.9 Å². The predicted octanol–water partition coefficient (Wildman–Crippen LogP) is 31.1. The highest BCUT2D eigenvalue weighted by Gasteiger charge is 2.22. The fraction of sp³-hybridized carbons (Fsp3) is 0. The van der Waals surface area contributed by atoms with Crippen LogP contribution in [0, 0.1) is 0 Å². The van der Waals surface area contributed by atoms with Gasteiger partial charge in [0.05, 0.1) is 0 Å². The summed E-state index contributed by atoms with van der Waals surface area (Å²) >= 11 is 0. The molecule has 6 heterocycles. The molecule has 0 fully saturated rings. The first-order valence-corrected chi connectivity index (χ1v) is 43.7. The van der Waals surface area contributed by atoms with E-state index in [1.807, 2.05) is 115 Å². The monoisotopic (exact) mass is 1680 g/mol. The number of aromatic nitrogens is 9. The Bertz CT molecular complexity index is 8840. The third-order valence-corrected chi connectivity index (χ3v) is 24.6. The number of hydrogen-bond donors (Lipinski definition) is 0. The molecule has 0 amide bonds. The summed E-state index contributed by atoms with van der Waals surface area (Å²) in [5.74, 6) is 5.82. The third kappa shape index (κ3) is 14.9. The number of rotatable bonds is 12. The van der Waals surface area contributed by atoms with E-state index in [9.17, 15) is 0 Å². The first-order chi connectivity index (χ1) is 64.8. The summed E-state index contributed by atoms with van der Waals surface area (Å²) in [5.41, 5.74) is 20.7. The van der Waals surface area contributed by atoms with Crippen LogP contribution in [0.3, 0.4) is 0 Å². The van der Waals surface area contributed by atoms with Crippen molar-refractivity contribution < 1.29 is 13.3 Å². The van der Waals surface area contributed by atoms with Crippen molar-refractivity contribution >= 4 is 120 Å². The van der Waals surface area contributed by atoms with Crippen LogP contribution in [0.1, 0.15) is 0 Å². The molecule has 0 atom stereocenters. The molecule has 0 aliphatic rings. The first-order valence-electron chi connectivity index (χ1n) is 43.7. The molecule has 0 aliphatic carbocycles. The summed E-state index contributed by atoms with van der Waals surface area (Å²) in [6, 6.07) is 152. The summed E-state index contributed by atoms with van der Waals surface area (Å²) in [5, 5.41) is 18.3. The Morgan fingerprint density at radius 3 is 0.679 bits per heavy atom. The molecule has 0 saturated carbocycles. The molecule has 0 radical (unpaired) electrons. The van der Waals surface area contributed by atoms with E-state index in [0.717, 1.165) is 182 Å². The quantitative estimate of drug-likeness (QED) is 0.114. The average Bonchev–Trinajstić information content (AvgIpc) is 1.12. The Balaban J connectivity index is 0.000000109. The minimum Gasteiger partial charge on any atom is -0.456 e. The summed E-state index contributed by atoms with van der Waals surface area (Å²) in [6.45, 7) is 0. The zero-order chi connectivity index (χ0) is 86.7. The number of benzene rings is 20. The van der Waals surface area contributed by atoms with Crippen LogP contribution in [-0.4, -0.2) is 44.9 Å². The minimum atomic E-state index is 0.638. The molecule has 0 spiro atoms. The molecular weight excluding hydrogens is 1600 g/mol. The van der Waals surface area contributed by atoms with E-state index < -0.39 is 0 Å². The van der Waals surface area contributed by atoms with E-state index >= 15 is 0 Å². The largest absolute Gasteiger partial charge is 0.456 e. The molecule has 0 N–H and O–H groups in total. The van der Waals surface area contributed by atoms with Crippen molar-refractivity contribution in [3.8, 4) is 136 Å². The van der Waals surface area contributed by atoms with Crippen LogP contribution < -0.4 is 0 Å². The van der Waals surface area contributed by atoms with Crippen LogP contribution in [-0.2, 0) is 0 Å². The van der Waals surface area contributed by atoms with Crippen LogP contribution in [0.5, 0.6) is 0 Å². The fourth-order valence-corrected chi connectivity index (χ4v) is 17.8. The maximum Gasteiger partial charge on any atom is 0.164 e. The van der Waals surface area contributed by atoms with Crippen LogP contribution in [0.15, 0.2) is 456 Å². The highest BCUT2D eigenvalue weighted by Crippen LogP contribution is 2.42. The maximum absolute atomic E-state index is 6.10. The van der Waals surface area contributed by atoms with Crippen LogP contribution in [0.25, 0.3) is 256 Å². The van der Waals surface area contributed by atoms with Gasteiger partial charge in [0.15, 0.2) is 52.4 Å². The van der Waals surface area contributed by atoms with E-state index in [4.69, 9.17) is 58.1 Å². The number of para-hydroxylation sites is 3. The lowest BCUT2D eigenvalue weighted by Crippen LogP contribution is -2.00. The molecule has 12 nitrogen and oxygen atoms in total. The maximum atomic E-state index is 6.10. The second-order valence-corrected chi connectivity index (χ2v) is 32.7. The van der Waals surface area contributed by atoms with Crippen LogP contribution in [0.4, 0.5) is 0 Å². The molecule has 0 bridgehead atoms. The van der Waals surface area contributed by atoms with Gasteiger partial charge in [0.2, 0.25) is 0 Å². The second-order valence-electron chi connectivity index (χ2n) is 32.7. The van der Waals surface area contributed by atoms with E-state index in [1.165, 1.54) is 21.5 Å². The number of hydrogen-bond acceptors (Lipinski definition) is 12. The summed E-state index contributed by atoms with van der Waals surface area (Å²) in [7, 11) is 0. The highest BCUT2D eigenvalue weighted by atomic mass is 16.3. The Labute approximate surface area is 751 Å². The van der Waals surface area contributed by atoms with Crippen molar-refractivity contribution in [2.45, 2.75) is 0 Å². The van der Waals surface area contributed by atoms with Gasteiger partial charge < -0.3 is 13.3 Å². The molecule has 26 rings (SSSR count). The van der Waals surface area contributed by atoms with Crippen molar-refractivity contribution in [2.24, 2.45) is 0 Å². The highest BCUT2D eigenvalue weighted by molar-refractivity contribution is 6.11. The molecule has 26 aromatic rings. The van der Waals surface area contributed by atoms with E-state index in [2.05, 4.69) is 328 Å². The van der Waals surface area contributed by atoms with Crippen LogP contribution in [0.2, 0.25) is 0 Å². The van der Waals surface area contributed by atoms with E-state index in [1.54, 1.807) is 0 Å². The number of nitrogens with zero attached hydrogens (tertiary/aromatic N) is 9. The van der Waals surface area contributed by atoms with Gasteiger partial charge in [0.1, 0.15) is 33.5 Å². The number of furan rings is 3. The Morgan fingerprint density at radius 2 is 0.336 bits per heavy atom. The molecular formula is C119H73N9O3.